The molecule has 0 saturated carbocycles. The topological polar surface area (TPSA) is 78.5 Å². The van der Waals surface area contributed by atoms with E-state index >= 15 is 0 Å². The van der Waals surface area contributed by atoms with Crippen molar-refractivity contribution in [1.29, 1.82) is 0 Å². The lowest BCUT2D eigenvalue weighted by Crippen LogP contribution is -2.51. The maximum absolute atomic E-state index is 14.3. The molecule has 2 heterocycles. The minimum Gasteiger partial charge on any atom is -0.347 e. The fraction of sp³-hybridized carbons (Fsp3) is 0.160. The zero-order chi connectivity index (χ0) is 24.0. The minimum absolute atomic E-state index is 0.105. The molecule has 0 unspecified atom stereocenters. The molecule has 0 spiro atoms. The van der Waals surface area contributed by atoms with Gasteiger partial charge in [0, 0.05) is 23.7 Å². The van der Waals surface area contributed by atoms with Crippen molar-refractivity contribution in [2.75, 3.05) is 11.9 Å². The van der Waals surface area contributed by atoms with Crippen molar-refractivity contribution in [1.82, 2.24) is 10.2 Å². The first-order valence-corrected chi connectivity index (χ1v) is 10.6. The Morgan fingerprint density at radius 2 is 1.74 bits per heavy atom. The first-order chi connectivity index (χ1) is 16.3. The molecule has 0 bridgehead atoms. The Bertz CT molecular complexity index is 1340. The summed E-state index contributed by atoms with van der Waals surface area (Å²) in [6.07, 6.45) is 0.326. The third kappa shape index (κ3) is 3.79. The number of benzene rings is 3. The maximum atomic E-state index is 14.3. The van der Waals surface area contributed by atoms with Crippen molar-refractivity contribution in [3.05, 3.63) is 89.2 Å². The predicted molar refractivity (Wildman–Crippen MR) is 118 cm³/mol. The summed E-state index contributed by atoms with van der Waals surface area (Å²) in [6.45, 7) is 0.208. The molecule has 2 aliphatic heterocycles. The number of fused-ring (bicyclic) bond motifs is 2. The molecule has 0 aromatic heterocycles. The van der Waals surface area contributed by atoms with Crippen LogP contribution in [0.3, 0.4) is 0 Å². The number of amides is 3. The van der Waals surface area contributed by atoms with E-state index in [0.717, 1.165) is 18.2 Å². The van der Waals surface area contributed by atoms with Gasteiger partial charge in [0.25, 0.3) is 11.8 Å². The number of halogens is 3. The third-order valence-corrected chi connectivity index (χ3v) is 6.08. The second-order valence-electron chi connectivity index (χ2n) is 8.20. The van der Waals surface area contributed by atoms with Gasteiger partial charge in [-0.15, -0.1) is 0 Å². The third-order valence-electron chi connectivity index (χ3n) is 6.08. The van der Waals surface area contributed by atoms with Gasteiger partial charge in [0.15, 0.2) is 0 Å². The van der Waals surface area contributed by atoms with Gasteiger partial charge in [0.2, 0.25) is 5.91 Å². The van der Waals surface area contributed by atoms with Crippen LogP contribution < -0.4 is 10.6 Å². The van der Waals surface area contributed by atoms with E-state index < -0.39 is 47.3 Å². The molecule has 2 aliphatic rings. The Morgan fingerprint density at radius 1 is 0.941 bits per heavy atom. The molecule has 0 aliphatic carbocycles. The number of carbonyl (C=O) groups excluding carboxylic acids is 3. The van der Waals surface area contributed by atoms with E-state index in [1.165, 1.54) is 47.4 Å². The van der Waals surface area contributed by atoms with E-state index in [9.17, 15) is 27.6 Å². The largest absolute Gasteiger partial charge is 0.347 e. The van der Waals surface area contributed by atoms with E-state index in [-0.39, 0.29) is 28.9 Å². The number of carbonyl (C=O) groups is 3. The Labute approximate surface area is 192 Å². The number of hydrogen-bond acceptors (Lipinski definition) is 3. The highest BCUT2D eigenvalue weighted by atomic mass is 19.1. The highest BCUT2D eigenvalue weighted by Gasteiger charge is 2.45. The summed E-state index contributed by atoms with van der Waals surface area (Å²) in [5, 5.41) is 5.44. The molecule has 2 N–H and O–H groups in total. The van der Waals surface area contributed by atoms with Crippen molar-refractivity contribution >= 4 is 23.4 Å². The zero-order valence-electron chi connectivity index (χ0n) is 17.6. The molecule has 1 saturated heterocycles. The predicted octanol–water partition coefficient (Wildman–Crippen LogP) is 3.74. The summed E-state index contributed by atoms with van der Waals surface area (Å²) >= 11 is 0. The normalized spacial score (nSPS) is 19.2. The van der Waals surface area contributed by atoms with Gasteiger partial charge < -0.3 is 15.5 Å². The summed E-state index contributed by atoms with van der Waals surface area (Å²) < 4.78 is 41.1. The van der Waals surface area contributed by atoms with Gasteiger partial charge in [0.05, 0.1) is 17.3 Å². The van der Waals surface area contributed by atoms with E-state index in [1.807, 2.05) is 0 Å². The number of anilines is 1. The van der Waals surface area contributed by atoms with Crippen LogP contribution in [-0.2, 0) is 4.79 Å². The van der Waals surface area contributed by atoms with Crippen molar-refractivity contribution < 1.29 is 27.6 Å². The molecule has 2 atom stereocenters. The van der Waals surface area contributed by atoms with Crippen LogP contribution in [0.15, 0.2) is 60.7 Å². The quantitative estimate of drug-likeness (QED) is 0.619. The summed E-state index contributed by atoms with van der Waals surface area (Å²) in [5.41, 5.74) is 0.992. The van der Waals surface area contributed by atoms with Crippen LogP contribution in [0.4, 0.5) is 18.9 Å². The standard InChI is InChI=1S/C25H18F3N3O3/c26-15-3-1-2-14(10-15)23(32)30-21-8-9-31-22(21)24(33)29-20-7-4-13(11-18(20)25(31)34)17-6-5-16(27)12-19(17)28/h1-7,10-12,21-22H,8-9H2,(H,29,33)(H,30,32)/t21-,22+/m1/s1. The zero-order valence-corrected chi connectivity index (χ0v) is 17.6. The lowest BCUT2D eigenvalue weighted by molar-refractivity contribution is -0.120. The van der Waals surface area contributed by atoms with E-state index in [2.05, 4.69) is 10.6 Å². The smallest absolute Gasteiger partial charge is 0.256 e. The SMILES string of the molecule is O=C(N[C@@H]1CCN2C(=O)c3cc(-c4ccc(F)cc4F)ccc3NC(=O)[C@H]12)c1cccc(F)c1. The van der Waals surface area contributed by atoms with E-state index in [4.69, 9.17) is 0 Å². The highest BCUT2D eigenvalue weighted by Crippen LogP contribution is 2.33. The van der Waals surface area contributed by atoms with Crippen LogP contribution in [0.25, 0.3) is 11.1 Å². The van der Waals surface area contributed by atoms with Crippen LogP contribution >= 0.6 is 0 Å². The molecule has 3 aromatic carbocycles. The minimum atomic E-state index is -0.969. The highest BCUT2D eigenvalue weighted by molar-refractivity contribution is 6.11. The summed E-state index contributed by atoms with van der Waals surface area (Å²) in [4.78, 5) is 40.3. The van der Waals surface area contributed by atoms with Crippen LogP contribution in [0.5, 0.6) is 0 Å². The molecular weight excluding hydrogens is 447 g/mol. The van der Waals surface area contributed by atoms with Gasteiger partial charge in [-0.25, -0.2) is 13.2 Å². The molecule has 9 heteroatoms. The van der Waals surface area contributed by atoms with Gasteiger partial charge >= 0.3 is 0 Å². The average Bonchev–Trinajstić information content (AvgIpc) is 3.18. The van der Waals surface area contributed by atoms with Gasteiger partial charge in [-0.1, -0.05) is 12.1 Å². The van der Waals surface area contributed by atoms with E-state index in [1.54, 1.807) is 0 Å². The Kier molecular flexibility index (Phi) is 5.31. The van der Waals surface area contributed by atoms with Gasteiger partial charge in [0.1, 0.15) is 23.5 Å². The molecule has 3 amide bonds. The summed E-state index contributed by atoms with van der Waals surface area (Å²) in [5.74, 6) is -3.54. The first kappa shape index (κ1) is 21.7. The van der Waals surface area contributed by atoms with Gasteiger partial charge in [-0.05, 0) is 54.4 Å². The fourth-order valence-corrected chi connectivity index (χ4v) is 4.46. The lowest BCUT2D eigenvalue weighted by Gasteiger charge is -2.25. The molecule has 5 rings (SSSR count). The summed E-state index contributed by atoms with van der Waals surface area (Å²) in [7, 11) is 0. The Balaban J connectivity index is 1.43. The first-order valence-electron chi connectivity index (χ1n) is 10.6. The number of nitrogens with one attached hydrogen (secondary N) is 2. The second kappa shape index (κ2) is 8.33. The second-order valence-corrected chi connectivity index (χ2v) is 8.20. The number of nitrogens with zero attached hydrogens (tertiary/aromatic N) is 1. The van der Waals surface area contributed by atoms with Crippen LogP contribution in [0.2, 0.25) is 0 Å². The summed E-state index contributed by atoms with van der Waals surface area (Å²) in [6, 6.07) is 11.2. The fourth-order valence-electron chi connectivity index (χ4n) is 4.46. The van der Waals surface area contributed by atoms with Gasteiger partial charge in [-0.3, -0.25) is 14.4 Å². The van der Waals surface area contributed by atoms with Crippen LogP contribution in [-0.4, -0.2) is 41.2 Å². The Morgan fingerprint density at radius 3 is 2.50 bits per heavy atom. The molecule has 34 heavy (non-hydrogen) atoms. The molecule has 0 radical (unpaired) electrons. The van der Waals surface area contributed by atoms with Crippen molar-refractivity contribution in [3.8, 4) is 11.1 Å². The average molecular weight is 465 g/mol. The van der Waals surface area contributed by atoms with Crippen molar-refractivity contribution in [3.63, 3.8) is 0 Å². The van der Waals surface area contributed by atoms with Crippen LogP contribution in [0.1, 0.15) is 27.1 Å². The Hall–Kier alpha value is -4.14. The van der Waals surface area contributed by atoms with Crippen molar-refractivity contribution in [2.45, 2.75) is 18.5 Å². The molecule has 172 valence electrons. The van der Waals surface area contributed by atoms with Crippen LogP contribution in [0, 0.1) is 17.5 Å². The number of rotatable bonds is 3. The van der Waals surface area contributed by atoms with Crippen molar-refractivity contribution in [2.24, 2.45) is 0 Å². The molecule has 3 aromatic rings. The maximum Gasteiger partial charge on any atom is 0.256 e. The number of hydrogen-bond donors (Lipinski definition) is 2. The van der Waals surface area contributed by atoms with E-state index in [0.29, 0.717) is 12.0 Å². The van der Waals surface area contributed by atoms with Gasteiger partial charge in [-0.2, -0.15) is 0 Å². The molecular formula is C25H18F3N3O3. The molecule has 6 nitrogen and oxygen atoms in total. The monoisotopic (exact) mass is 465 g/mol. The molecule has 1 fully saturated rings. The lowest BCUT2D eigenvalue weighted by atomic mass is 10.0.